The molecule has 3 atom stereocenters. The average Bonchev–Trinajstić information content (AvgIpc) is 2.39. The van der Waals surface area contributed by atoms with Crippen LogP contribution in [0.1, 0.15) is 59.3 Å². The van der Waals surface area contributed by atoms with Crippen LogP contribution in [0.15, 0.2) is 11.3 Å². The first-order valence-electron chi connectivity index (χ1n) is 7.84. The minimum absolute atomic E-state index is 0.0981. The molecule has 19 heavy (non-hydrogen) atoms. The van der Waals surface area contributed by atoms with Crippen molar-refractivity contribution in [2.24, 2.45) is 11.8 Å². The van der Waals surface area contributed by atoms with Crippen LogP contribution in [0.25, 0.3) is 0 Å². The summed E-state index contributed by atoms with van der Waals surface area (Å²) in [4.78, 5) is 12.1. The van der Waals surface area contributed by atoms with E-state index in [1.807, 2.05) is 6.92 Å². The van der Waals surface area contributed by atoms with E-state index in [4.69, 9.17) is 4.74 Å². The minimum Gasteiger partial charge on any atom is -0.463 e. The van der Waals surface area contributed by atoms with Gasteiger partial charge in [-0.2, -0.15) is 0 Å². The van der Waals surface area contributed by atoms with Crippen LogP contribution in [0.5, 0.6) is 0 Å². The molecule has 3 nitrogen and oxygen atoms in total. The summed E-state index contributed by atoms with van der Waals surface area (Å²) in [5.41, 5.74) is 2.13. The topological polar surface area (TPSA) is 38.3 Å². The van der Waals surface area contributed by atoms with Gasteiger partial charge >= 0.3 is 5.97 Å². The highest BCUT2D eigenvalue weighted by atomic mass is 16.5. The van der Waals surface area contributed by atoms with Crippen molar-refractivity contribution in [3.8, 4) is 0 Å². The fourth-order valence-electron chi connectivity index (χ4n) is 3.51. The molecule has 0 amide bonds. The van der Waals surface area contributed by atoms with Gasteiger partial charge in [0.2, 0.25) is 0 Å². The second kappa shape index (κ2) is 6.44. The van der Waals surface area contributed by atoms with E-state index >= 15 is 0 Å². The van der Waals surface area contributed by atoms with Gasteiger partial charge in [-0.25, -0.2) is 4.79 Å². The first-order chi connectivity index (χ1) is 9.17. The van der Waals surface area contributed by atoms with E-state index in [9.17, 15) is 4.79 Å². The van der Waals surface area contributed by atoms with Crippen LogP contribution in [0, 0.1) is 11.8 Å². The van der Waals surface area contributed by atoms with Gasteiger partial charge in [0.05, 0.1) is 12.2 Å². The fourth-order valence-corrected chi connectivity index (χ4v) is 3.51. The molecule has 2 rings (SSSR count). The molecule has 0 aromatic heterocycles. The first-order valence-corrected chi connectivity index (χ1v) is 7.84. The molecule has 3 heteroatoms. The molecular formula is C16H27NO2. The Hall–Kier alpha value is -0.990. The Labute approximate surface area is 116 Å². The van der Waals surface area contributed by atoms with Crippen molar-refractivity contribution in [1.82, 2.24) is 5.32 Å². The summed E-state index contributed by atoms with van der Waals surface area (Å²) in [6.07, 6.45) is 6.83. The number of piperidine rings is 1. The first kappa shape index (κ1) is 14.4. The minimum atomic E-state index is -0.0981. The number of carbonyl (C=O) groups excluding carboxylic acids is 1. The molecule has 1 heterocycles. The maximum atomic E-state index is 12.1. The predicted octanol–water partition coefficient (Wildman–Crippen LogP) is 3.40. The number of ether oxygens (including phenoxy) is 1. The highest BCUT2D eigenvalue weighted by molar-refractivity contribution is 5.89. The van der Waals surface area contributed by atoms with Crippen molar-refractivity contribution in [3.05, 3.63) is 11.3 Å². The molecule has 1 saturated heterocycles. The van der Waals surface area contributed by atoms with Gasteiger partial charge in [-0.3, -0.25) is 0 Å². The van der Waals surface area contributed by atoms with Crippen molar-refractivity contribution < 1.29 is 9.53 Å². The number of nitrogens with one attached hydrogen (secondary N) is 1. The van der Waals surface area contributed by atoms with Crippen molar-refractivity contribution in [1.29, 1.82) is 0 Å². The zero-order valence-electron chi connectivity index (χ0n) is 12.5. The standard InChI is InChI=1S/C16H27NO2/c1-4-6-12-8-10-13-11(3)7-9-14(15(13)17-12)16(18)19-5-2/h11-13,17H,4-10H2,1-3H3/t11-,12-,13+/m1/s1. The second-order valence-electron chi connectivity index (χ2n) is 5.94. The summed E-state index contributed by atoms with van der Waals surface area (Å²) in [7, 11) is 0. The van der Waals surface area contributed by atoms with Gasteiger partial charge in [-0.05, 0) is 44.9 Å². The van der Waals surface area contributed by atoms with E-state index in [1.165, 1.54) is 31.4 Å². The second-order valence-corrected chi connectivity index (χ2v) is 5.94. The quantitative estimate of drug-likeness (QED) is 0.792. The molecule has 1 N–H and O–H groups in total. The number of esters is 1. The lowest BCUT2D eigenvalue weighted by atomic mass is 9.73. The van der Waals surface area contributed by atoms with Gasteiger partial charge in [0, 0.05) is 17.7 Å². The molecule has 0 saturated carbocycles. The Morgan fingerprint density at radius 2 is 2.11 bits per heavy atom. The van der Waals surface area contributed by atoms with Crippen LogP contribution in [-0.2, 0) is 9.53 Å². The fraction of sp³-hybridized carbons (Fsp3) is 0.812. The van der Waals surface area contributed by atoms with Crippen LogP contribution in [-0.4, -0.2) is 18.6 Å². The summed E-state index contributed by atoms with van der Waals surface area (Å²) in [5.74, 6) is 1.13. The van der Waals surface area contributed by atoms with Crippen molar-refractivity contribution in [2.75, 3.05) is 6.61 Å². The van der Waals surface area contributed by atoms with Gasteiger partial charge in [0.1, 0.15) is 0 Å². The van der Waals surface area contributed by atoms with E-state index in [0.717, 1.165) is 18.4 Å². The Morgan fingerprint density at radius 3 is 2.79 bits per heavy atom. The third-order valence-electron chi connectivity index (χ3n) is 4.58. The molecule has 0 unspecified atom stereocenters. The molecule has 0 aromatic carbocycles. The monoisotopic (exact) mass is 265 g/mol. The van der Waals surface area contributed by atoms with Gasteiger partial charge in [-0.15, -0.1) is 0 Å². The van der Waals surface area contributed by atoms with E-state index in [2.05, 4.69) is 19.2 Å². The zero-order chi connectivity index (χ0) is 13.8. The van der Waals surface area contributed by atoms with Crippen LogP contribution >= 0.6 is 0 Å². The number of allylic oxidation sites excluding steroid dienone is 1. The number of hydrogen-bond acceptors (Lipinski definition) is 3. The highest BCUT2D eigenvalue weighted by Gasteiger charge is 2.36. The number of hydrogen-bond donors (Lipinski definition) is 1. The number of carbonyl (C=O) groups is 1. The molecule has 0 aromatic rings. The maximum absolute atomic E-state index is 12.1. The predicted molar refractivity (Wildman–Crippen MR) is 76.6 cm³/mol. The molecule has 1 fully saturated rings. The maximum Gasteiger partial charge on any atom is 0.335 e. The van der Waals surface area contributed by atoms with Gasteiger partial charge in [0.25, 0.3) is 0 Å². The van der Waals surface area contributed by atoms with Crippen molar-refractivity contribution >= 4 is 5.97 Å². The molecular weight excluding hydrogens is 238 g/mol. The molecule has 2 aliphatic rings. The van der Waals surface area contributed by atoms with Crippen LogP contribution in [0.3, 0.4) is 0 Å². The largest absolute Gasteiger partial charge is 0.463 e. The Bertz CT molecular complexity index is 362. The summed E-state index contributed by atoms with van der Waals surface area (Å²) in [5, 5.41) is 3.65. The lowest BCUT2D eigenvalue weighted by Crippen LogP contribution is -2.42. The average molecular weight is 265 g/mol. The van der Waals surface area contributed by atoms with E-state index in [-0.39, 0.29) is 5.97 Å². The lowest BCUT2D eigenvalue weighted by Gasteiger charge is -2.40. The van der Waals surface area contributed by atoms with E-state index in [0.29, 0.717) is 24.5 Å². The molecule has 0 spiro atoms. The number of fused-ring (bicyclic) bond motifs is 1. The summed E-state index contributed by atoms with van der Waals surface area (Å²) in [6.45, 7) is 6.88. The zero-order valence-corrected chi connectivity index (χ0v) is 12.5. The molecule has 108 valence electrons. The molecule has 1 aliphatic heterocycles. The van der Waals surface area contributed by atoms with E-state index < -0.39 is 0 Å². The highest BCUT2D eigenvalue weighted by Crippen LogP contribution is 2.40. The smallest absolute Gasteiger partial charge is 0.335 e. The van der Waals surface area contributed by atoms with Crippen LogP contribution in [0.4, 0.5) is 0 Å². The molecule has 1 aliphatic carbocycles. The lowest BCUT2D eigenvalue weighted by molar-refractivity contribution is -0.139. The summed E-state index contributed by atoms with van der Waals surface area (Å²) in [6, 6.07) is 0.547. The normalized spacial score (nSPS) is 30.6. The van der Waals surface area contributed by atoms with Crippen molar-refractivity contribution in [3.63, 3.8) is 0 Å². The van der Waals surface area contributed by atoms with Gasteiger partial charge in [0.15, 0.2) is 0 Å². The van der Waals surface area contributed by atoms with Crippen molar-refractivity contribution in [2.45, 2.75) is 65.3 Å². The third kappa shape index (κ3) is 3.13. The summed E-state index contributed by atoms with van der Waals surface area (Å²) < 4.78 is 5.22. The Balaban J connectivity index is 2.20. The van der Waals surface area contributed by atoms with E-state index in [1.54, 1.807) is 0 Å². The van der Waals surface area contributed by atoms with Gasteiger partial charge < -0.3 is 10.1 Å². The van der Waals surface area contributed by atoms with Crippen LogP contribution < -0.4 is 5.32 Å². The Kier molecular flexibility index (Phi) is 4.89. The van der Waals surface area contributed by atoms with Crippen LogP contribution in [0.2, 0.25) is 0 Å². The molecule has 0 radical (unpaired) electrons. The third-order valence-corrected chi connectivity index (χ3v) is 4.58. The number of rotatable bonds is 4. The van der Waals surface area contributed by atoms with Gasteiger partial charge in [-0.1, -0.05) is 20.3 Å². The SMILES string of the molecule is CCC[C@@H]1CC[C@@H]2C(=C(C(=O)OCC)CC[C@H]2C)N1. The Morgan fingerprint density at radius 1 is 1.32 bits per heavy atom. The summed E-state index contributed by atoms with van der Waals surface area (Å²) >= 11 is 0. The molecule has 0 bridgehead atoms.